The van der Waals surface area contributed by atoms with Crippen LogP contribution in [0.2, 0.25) is 0 Å². The third kappa shape index (κ3) is 4.05. The Kier molecular flexibility index (Phi) is 5.77. The number of amides is 1. The van der Waals surface area contributed by atoms with Gasteiger partial charge in [0.05, 0.1) is 13.7 Å². The Balaban J connectivity index is 1.53. The number of anilines is 1. The van der Waals surface area contributed by atoms with E-state index in [0.29, 0.717) is 30.8 Å². The van der Waals surface area contributed by atoms with Crippen LogP contribution in [0.5, 0.6) is 5.75 Å². The molecule has 1 unspecified atom stereocenters. The SMILES string of the molecule is COc1cccc(NC(=O)C2Cn3ccnc3C3(CCN(S(=O)(=O)N(C)C)CC3)O2)c1. The lowest BCUT2D eigenvalue weighted by atomic mass is 9.89. The molecule has 1 atom stereocenters. The van der Waals surface area contributed by atoms with Gasteiger partial charge in [-0.25, -0.2) is 4.98 Å². The smallest absolute Gasteiger partial charge is 0.281 e. The van der Waals surface area contributed by atoms with Gasteiger partial charge in [0.15, 0.2) is 6.10 Å². The molecule has 0 radical (unpaired) electrons. The number of methoxy groups -OCH3 is 1. The number of piperidine rings is 1. The average molecular weight is 450 g/mol. The molecule has 4 rings (SSSR count). The van der Waals surface area contributed by atoms with E-state index in [0.717, 1.165) is 5.82 Å². The Morgan fingerprint density at radius 1 is 1.32 bits per heavy atom. The van der Waals surface area contributed by atoms with Crippen molar-refractivity contribution in [1.29, 1.82) is 0 Å². The molecular formula is C20H27N5O5S. The number of rotatable bonds is 5. The Bertz CT molecular complexity index is 1060. The summed E-state index contributed by atoms with van der Waals surface area (Å²) in [4.78, 5) is 17.5. The van der Waals surface area contributed by atoms with E-state index in [9.17, 15) is 13.2 Å². The number of hydrogen-bond donors (Lipinski definition) is 1. The number of fused-ring (bicyclic) bond motifs is 2. The molecule has 31 heavy (non-hydrogen) atoms. The first-order valence-corrected chi connectivity index (χ1v) is 11.5. The summed E-state index contributed by atoms with van der Waals surface area (Å²) in [5.41, 5.74) is -0.193. The van der Waals surface area contributed by atoms with Crippen molar-refractivity contribution in [3.8, 4) is 5.75 Å². The molecule has 2 aromatic rings. The Morgan fingerprint density at radius 2 is 2.06 bits per heavy atom. The highest BCUT2D eigenvalue weighted by Crippen LogP contribution is 2.41. The van der Waals surface area contributed by atoms with Crippen LogP contribution in [0.25, 0.3) is 0 Å². The van der Waals surface area contributed by atoms with Gasteiger partial charge in [-0.2, -0.15) is 17.0 Å². The summed E-state index contributed by atoms with van der Waals surface area (Å²) < 4.78 is 41.1. The largest absolute Gasteiger partial charge is 0.497 e. The molecule has 10 nitrogen and oxygen atoms in total. The maximum Gasteiger partial charge on any atom is 0.281 e. The molecule has 0 aliphatic carbocycles. The number of carbonyl (C=O) groups excluding carboxylic acids is 1. The van der Waals surface area contributed by atoms with Crippen LogP contribution in [-0.2, 0) is 31.9 Å². The van der Waals surface area contributed by atoms with Crippen LogP contribution >= 0.6 is 0 Å². The van der Waals surface area contributed by atoms with Gasteiger partial charge in [-0.05, 0) is 25.0 Å². The lowest BCUT2D eigenvalue weighted by Gasteiger charge is -2.45. The summed E-state index contributed by atoms with van der Waals surface area (Å²) in [5.74, 6) is 1.11. The highest BCUT2D eigenvalue weighted by molar-refractivity contribution is 7.86. The highest BCUT2D eigenvalue weighted by Gasteiger charge is 2.48. The first-order chi connectivity index (χ1) is 14.7. The summed E-state index contributed by atoms with van der Waals surface area (Å²) in [6.45, 7) is 0.918. The number of ether oxygens (including phenoxy) is 2. The molecule has 1 N–H and O–H groups in total. The second-order valence-corrected chi connectivity index (χ2v) is 10.1. The van der Waals surface area contributed by atoms with Crippen molar-refractivity contribution in [1.82, 2.24) is 18.2 Å². The first-order valence-electron chi connectivity index (χ1n) is 10.1. The number of benzene rings is 1. The normalized spacial score (nSPS) is 21.1. The van der Waals surface area contributed by atoms with E-state index in [4.69, 9.17) is 9.47 Å². The van der Waals surface area contributed by atoms with E-state index < -0.39 is 21.9 Å². The Morgan fingerprint density at radius 3 is 2.74 bits per heavy atom. The molecule has 0 saturated carbocycles. The van der Waals surface area contributed by atoms with Crippen molar-refractivity contribution in [2.45, 2.75) is 31.1 Å². The zero-order valence-corrected chi connectivity index (χ0v) is 18.6. The van der Waals surface area contributed by atoms with Gasteiger partial charge in [-0.3, -0.25) is 4.79 Å². The van der Waals surface area contributed by atoms with Gasteiger partial charge in [-0.1, -0.05) is 6.07 Å². The molecule has 0 bridgehead atoms. The second kappa shape index (κ2) is 8.23. The Labute approximate surface area is 181 Å². The Hall–Kier alpha value is -2.47. The predicted octanol–water partition coefficient (Wildman–Crippen LogP) is 1.03. The van der Waals surface area contributed by atoms with Crippen LogP contribution < -0.4 is 10.1 Å². The van der Waals surface area contributed by atoms with Gasteiger partial charge in [-0.15, -0.1) is 0 Å². The van der Waals surface area contributed by atoms with Crippen LogP contribution in [0.3, 0.4) is 0 Å². The molecule has 1 aromatic carbocycles. The third-order valence-corrected chi connectivity index (χ3v) is 7.74. The number of imidazole rings is 1. The molecule has 11 heteroatoms. The summed E-state index contributed by atoms with van der Waals surface area (Å²) >= 11 is 0. The lowest BCUT2D eigenvalue weighted by molar-refractivity contribution is -0.166. The molecule has 3 heterocycles. The van der Waals surface area contributed by atoms with Crippen molar-refractivity contribution in [3.05, 3.63) is 42.5 Å². The van der Waals surface area contributed by atoms with Crippen molar-refractivity contribution < 1.29 is 22.7 Å². The molecule has 1 aromatic heterocycles. The van der Waals surface area contributed by atoms with E-state index in [-0.39, 0.29) is 19.0 Å². The first kappa shape index (κ1) is 21.8. The van der Waals surface area contributed by atoms with Gasteiger partial charge in [0.25, 0.3) is 16.1 Å². The van der Waals surface area contributed by atoms with E-state index in [1.54, 1.807) is 37.6 Å². The molecular weight excluding hydrogens is 422 g/mol. The third-order valence-electron chi connectivity index (χ3n) is 5.80. The quantitative estimate of drug-likeness (QED) is 0.731. The fourth-order valence-electron chi connectivity index (χ4n) is 4.11. The fourth-order valence-corrected chi connectivity index (χ4v) is 5.21. The second-order valence-electron chi connectivity index (χ2n) is 7.91. The van der Waals surface area contributed by atoms with Gasteiger partial charge < -0.3 is 19.4 Å². The molecule has 168 valence electrons. The minimum atomic E-state index is -3.50. The maximum atomic E-state index is 13.0. The fraction of sp³-hybridized carbons (Fsp3) is 0.500. The van der Waals surface area contributed by atoms with Gasteiger partial charge >= 0.3 is 0 Å². The minimum Gasteiger partial charge on any atom is -0.497 e. The minimum absolute atomic E-state index is 0.268. The van der Waals surface area contributed by atoms with Crippen molar-refractivity contribution >= 4 is 21.8 Å². The van der Waals surface area contributed by atoms with Crippen molar-refractivity contribution in [2.24, 2.45) is 0 Å². The van der Waals surface area contributed by atoms with E-state index in [1.807, 2.05) is 10.8 Å². The molecule has 2 aliphatic rings. The van der Waals surface area contributed by atoms with Crippen LogP contribution in [0.15, 0.2) is 36.7 Å². The standard InChI is InChI=1S/C20H27N5O5S/c1-23(2)31(27,28)25-10-7-20(8-11-25)19-21-9-12-24(19)14-17(30-20)18(26)22-15-5-4-6-16(13-15)29-3/h4-6,9,12-13,17H,7-8,10-11,14H2,1-3H3,(H,22,26). The van der Waals surface area contributed by atoms with Crippen LogP contribution in [0, 0.1) is 0 Å². The molecule has 1 amide bonds. The number of aromatic nitrogens is 2. The van der Waals surface area contributed by atoms with Gasteiger partial charge in [0.2, 0.25) is 0 Å². The van der Waals surface area contributed by atoms with E-state index >= 15 is 0 Å². The number of nitrogens with one attached hydrogen (secondary N) is 1. The summed E-state index contributed by atoms with van der Waals surface area (Å²) in [6, 6.07) is 7.12. The monoisotopic (exact) mass is 449 g/mol. The molecule has 1 fully saturated rings. The van der Waals surface area contributed by atoms with Crippen LogP contribution in [0.4, 0.5) is 5.69 Å². The van der Waals surface area contributed by atoms with E-state index in [1.165, 1.54) is 22.7 Å². The lowest BCUT2D eigenvalue weighted by Crippen LogP contribution is -2.55. The molecule has 1 spiro atoms. The maximum absolute atomic E-state index is 13.0. The topological polar surface area (TPSA) is 106 Å². The van der Waals surface area contributed by atoms with Crippen LogP contribution in [-0.4, -0.2) is 72.9 Å². The number of carbonyl (C=O) groups is 1. The molecule has 2 aliphatic heterocycles. The van der Waals surface area contributed by atoms with Gasteiger partial charge in [0.1, 0.15) is 17.2 Å². The highest BCUT2D eigenvalue weighted by atomic mass is 32.2. The summed E-state index contributed by atoms with van der Waals surface area (Å²) in [7, 11) is 1.10. The predicted molar refractivity (Wildman–Crippen MR) is 114 cm³/mol. The molecule has 1 saturated heterocycles. The average Bonchev–Trinajstić information content (AvgIpc) is 3.24. The van der Waals surface area contributed by atoms with Crippen LogP contribution in [0.1, 0.15) is 18.7 Å². The summed E-state index contributed by atoms with van der Waals surface area (Å²) in [5, 5.41) is 2.89. The van der Waals surface area contributed by atoms with Gasteiger partial charge in [0, 0.05) is 51.3 Å². The number of hydrogen-bond acceptors (Lipinski definition) is 6. The zero-order chi connectivity index (χ0) is 22.2. The van der Waals surface area contributed by atoms with Crippen molar-refractivity contribution in [3.63, 3.8) is 0 Å². The zero-order valence-electron chi connectivity index (χ0n) is 17.8. The van der Waals surface area contributed by atoms with E-state index in [2.05, 4.69) is 10.3 Å². The van der Waals surface area contributed by atoms with Crippen molar-refractivity contribution in [2.75, 3.05) is 39.6 Å². The number of nitrogens with zero attached hydrogens (tertiary/aromatic N) is 4. The summed E-state index contributed by atoms with van der Waals surface area (Å²) in [6.07, 6.45) is 3.62.